The van der Waals surface area contributed by atoms with Gasteiger partial charge in [-0.05, 0) is 49.6 Å². The highest BCUT2D eigenvalue weighted by Crippen LogP contribution is 2.43. The second-order valence-corrected chi connectivity index (χ2v) is 7.24. The van der Waals surface area contributed by atoms with E-state index in [9.17, 15) is 9.90 Å². The Morgan fingerprint density at radius 2 is 1.89 bits per heavy atom. The number of hydrogen-bond donors (Lipinski definition) is 3. The number of aromatic carboxylic acids is 1. The number of nitrogens with two attached hydrogens (primary N) is 2. The summed E-state index contributed by atoms with van der Waals surface area (Å²) < 4.78 is 0. The van der Waals surface area contributed by atoms with E-state index in [0.29, 0.717) is 5.56 Å². The van der Waals surface area contributed by atoms with E-state index in [1.165, 1.54) is 0 Å². The minimum Gasteiger partial charge on any atom is -0.478 e. The SMILES string of the molecule is Cc1c(C(=O)O)cc2ccccc2c1N1C(N)=NC(N)=NC12CCCCC2. The Hall–Kier alpha value is -3.09. The molecule has 4 rings (SSSR count). The monoisotopic (exact) mass is 365 g/mol. The number of nitrogens with zero attached hydrogens (tertiary/aromatic N) is 3. The number of rotatable bonds is 2. The molecule has 0 atom stereocenters. The fraction of sp³-hybridized carbons (Fsp3) is 0.350. The summed E-state index contributed by atoms with van der Waals surface area (Å²) in [6.07, 6.45) is 4.76. The highest BCUT2D eigenvalue weighted by Gasteiger charge is 2.44. The number of guanidine groups is 2. The second-order valence-electron chi connectivity index (χ2n) is 7.24. The van der Waals surface area contributed by atoms with E-state index in [-0.39, 0.29) is 17.5 Å². The van der Waals surface area contributed by atoms with Gasteiger partial charge in [0.25, 0.3) is 0 Å². The largest absolute Gasteiger partial charge is 0.478 e. The van der Waals surface area contributed by atoms with Crippen molar-refractivity contribution in [2.75, 3.05) is 4.90 Å². The molecular weight excluding hydrogens is 342 g/mol. The van der Waals surface area contributed by atoms with Gasteiger partial charge in [-0.25, -0.2) is 9.79 Å². The third-order valence-corrected chi connectivity index (χ3v) is 5.58. The Bertz CT molecular complexity index is 989. The van der Waals surface area contributed by atoms with Gasteiger partial charge in [0, 0.05) is 5.39 Å². The van der Waals surface area contributed by atoms with E-state index >= 15 is 0 Å². The van der Waals surface area contributed by atoms with Gasteiger partial charge in [-0.1, -0.05) is 30.7 Å². The lowest BCUT2D eigenvalue weighted by Crippen LogP contribution is -2.58. The molecule has 7 nitrogen and oxygen atoms in total. The van der Waals surface area contributed by atoms with Crippen LogP contribution < -0.4 is 16.4 Å². The number of carboxylic acid groups (broad SMARTS) is 1. The molecule has 1 aliphatic heterocycles. The number of aliphatic imine (C=N–C) groups is 2. The van der Waals surface area contributed by atoms with Crippen LogP contribution in [0.1, 0.15) is 48.0 Å². The summed E-state index contributed by atoms with van der Waals surface area (Å²) in [6.45, 7) is 1.82. The summed E-state index contributed by atoms with van der Waals surface area (Å²) in [5.41, 5.74) is 13.4. The summed E-state index contributed by atoms with van der Waals surface area (Å²) >= 11 is 0. The van der Waals surface area contributed by atoms with Crippen molar-refractivity contribution in [3.8, 4) is 0 Å². The van der Waals surface area contributed by atoms with Crippen molar-refractivity contribution < 1.29 is 9.90 Å². The number of carboxylic acids is 1. The van der Waals surface area contributed by atoms with Crippen LogP contribution >= 0.6 is 0 Å². The van der Waals surface area contributed by atoms with Crippen molar-refractivity contribution in [3.05, 3.63) is 41.5 Å². The molecule has 2 aliphatic rings. The van der Waals surface area contributed by atoms with Crippen LogP contribution in [0.4, 0.5) is 5.69 Å². The van der Waals surface area contributed by atoms with Crippen LogP contribution in [-0.4, -0.2) is 28.7 Å². The number of fused-ring (bicyclic) bond motifs is 1. The van der Waals surface area contributed by atoms with Crippen molar-refractivity contribution in [2.24, 2.45) is 21.5 Å². The van der Waals surface area contributed by atoms with Gasteiger partial charge in [-0.3, -0.25) is 4.90 Å². The Morgan fingerprint density at radius 1 is 1.19 bits per heavy atom. The maximum atomic E-state index is 11.9. The maximum Gasteiger partial charge on any atom is 0.336 e. The molecule has 1 saturated carbocycles. The zero-order valence-electron chi connectivity index (χ0n) is 15.3. The average Bonchev–Trinajstić information content (AvgIpc) is 2.63. The number of benzene rings is 2. The Kier molecular flexibility index (Phi) is 4.02. The minimum absolute atomic E-state index is 0.182. The van der Waals surface area contributed by atoms with Crippen LogP contribution in [0, 0.1) is 6.92 Å². The molecule has 0 radical (unpaired) electrons. The lowest BCUT2D eigenvalue weighted by Gasteiger charge is -2.46. The standard InChI is InChI=1S/C20H23N5O2/c1-12-15(17(26)27)11-13-7-3-4-8-14(13)16(12)25-19(22)23-18(21)24-20(25)9-5-2-6-10-20/h3-4,7-8,11H,2,5-6,9-10H2,1H3,(H,26,27)(H4,21,22,23,24). The van der Waals surface area contributed by atoms with Crippen molar-refractivity contribution in [2.45, 2.75) is 44.7 Å². The molecule has 27 heavy (non-hydrogen) atoms. The fourth-order valence-electron chi connectivity index (χ4n) is 4.39. The molecule has 2 aromatic rings. The highest BCUT2D eigenvalue weighted by molar-refractivity contribution is 6.13. The van der Waals surface area contributed by atoms with E-state index in [0.717, 1.165) is 48.6 Å². The first kappa shape index (κ1) is 17.3. The fourth-order valence-corrected chi connectivity index (χ4v) is 4.39. The molecule has 1 aliphatic carbocycles. The Morgan fingerprint density at radius 3 is 2.59 bits per heavy atom. The van der Waals surface area contributed by atoms with Crippen molar-refractivity contribution >= 4 is 34.3 Å². The van der Waals surface area contributed by atoms with Crippen LogP contribution in [0.5, 0.6) is 0 Å². The van der Waals surface area contributed by atoms with Gasteiger partial charge in [0.2, 0.25) is 11.9 Å². The van der Waals surface area contributed by atoms with Crippen molar-refractivity contribution in [1.29, 1.82) is 0 Å². The first-order valence-electron chi connectivity index (χ1n) is 9.18. The summed E-state index contributed by atoms with van der Waals surface area (Å²) in [4.78, 5) is 22.7. The topological polar surface area (TPSA) is 117 Å². The van der Waals surface area contributed by atoms with Gasteiger partial charge in [0.1, 0.15) is 5.66 Å². The minimum atomic E-state index is -0.965. The molecule has 0 bridgehead atoms. The summed E-state index contributed by atoms with van der Waals surface area (Å²) in [6, 6.07) is 9.43. The van der Waals surface area contributed by atoms with E-state index in [1.54, 1.807) is 6.07 Å². The molecule has 140 valence electrons. The van der Waals surface area contributed by atoms with Crippen molar-refractivity contribution in [3.63, 3.8) is 0 Å². The quantitative estimate of drug-likeness (QED) is 0.756. The summed E-state index contributed by atoms with van der Waals surface area (Å²) in [7, 11) is 0. The predicted molar refractivity (Wildman–Crippen MR) is 107 cm³/mol. The lowest BCUT2D eigenvalue weighted by atomic mass is 9.86. The van der Waals surface area contributed by atoms with E-state index < -0.39 is 11.6 Å². The van der Waals surface area contributed by atoms with E-state index in [1.807, 2.05) is 36.1 Å². The molecule has 5 N–H and O–H groups in total. The van der Waals surface area contributed by atoms with Gasteiger partial charge in [0.05, 0.1) is 11.3 Å². The molecule has 0 saturated heterocycles. The first-order valence-corrected chi connectivity index (χ1v) is 9.18. The third kappa shape index (κ3) is 2.70. The van der Waals surface area contributed by atoms with Gasteiger partial charge in [-0.15, -0.1) is 0 Å². The third-order valence-electron chi connectivity index (χ3n) is 5.58. The highest BCUT2D eigenvalue weighted by atomic mass is 16.4. The molecule has 0 aromatic heterocycles. The molecule has 0 unspecified atom stereocenters. The number of carbonyl (C=O) groups is 1. The normalized spacial score (nSPS) is 19.1. The smallest absolute Gasteiger partial charge is 0.336 e. The molecular formula is C20H23N5O2. The van der Waals surface area contributed by atoms with Gasteiger partial charge < -0.3 is 16.6 Å². The molecule has 7 heteroatoms. The summed E-state index contributed by atoms with van der Waals surface area (Å²) in [5.74, 6) is -0.519. The predicted octanol–water partition coefficient (Wildman–Crippen LogP) is 2.96. The second kappa shape index (κ2) is 6.26. The number of hydrogen-bond acceptors (Lipinski definition) is 6. The van der Waals surface area contributed by atoms with Crippen LogP contribution in [0.15, 0.2) is 40.3 Å². The Labute approximate surface area is 157 Å². The van der Waals surface area contributed by atoms with Gasteiger partial charge in [0.15, 0.2) is 0 Å². The average molecular weight is 365 g/mol. The zero-order chi connectivity index (χ0) is 19.2. The van der Waals surface area contributed by atoms with Crippen LogP contribution in [0.25, 0.3) is 10.8 Å². The lowest BCUT2D eigenvalue weighted by molar-refractivity contribution is 0.0696. The van der Waals surface area contributed by atoms with Crippen LogP contribution in [0.2, 0.25) is 0 Å². The molecule has 0 amide bonds. The van der Waals surface area contributed by atoms with E-state index in [2.05, 4.69) is 4.99 Å². The first-order chi connectivity index (χ1) is 12.9. The molecule has 1 heterocycles. The van der Waals surface area contributed by atoms with Crippen LogP contribution in [-0.2, 0) is 0 Å². The summed E-state index contributed by atoms with van der Waals surface area (Å²) in [5, 5.41) is 11.5. The molecule has 1 fully saturated rings. The maximum absolute atomic E-state index is 11.9. The van der Waals surface area contributed by atoms with Gasteiger partial charge in [-0.2, -0.15) is 4.99 Å². The zero-order valence-corrected chi connectivity index (χ0v) is 15.3. The number of anilines is 1. The van der Waals surface area contributed by atoms with Crippen LogP contribution in [0.3, 0.4) is 0 Å². The molecule has 1 spiro atoms. The van der Waals surface area contributed by atoms with E-state index in [4.69, 9.17) is 16.5 Å². The molecule has 2 aromatic carbocycles. The Balaban J connectivity index is 2.04. The van der Waals surface area contributed by atoms with Crippen molar-refractivity contribution in [1.82, 2.24) is 0 Å². The van der Waals surface area contributed by atoms with Gasteiger partial charge >= 0.3 is 5.97 Å².